The molecule has 0 aliphatic heterocycles. The highest BCUT2D eigenvalue weighted by molar-refractivity contribution is 5.94. The van der Waals surface area contributed by atoms with Gasteiger partial charge in [0.05, 0.1) is 0 Å². The summed E-state index contributed by atoms with van der Waals surface area (Å²) in [5.41, 5.74) is 0.382. The number of para-hydroxylation sites is 1. The SMILES string of the molecule is CC(C)CC(=O)c1nccn(-c2ccccc2)c1=O. The summed E-state index contributed by atoms with van der Waals surface area (Å²) in [6.45, 7) is 3.88. The lowest BCUT2D eigenvalue weighted by Crippen LogP contribution is -2.26. The van der Waals surface area contributed by atoms with E-state index in [1.54, 1.807) is 6.20 Å². The quantitative estimate of drug-likeness (QED) is 0.789. The lowest BCUT2D eigenvalue weighted by atomic mass is 10.1. The molecule has 0 spiro atoms. The Morgan fingerprint density at radius 2 is 1.95 bits per heavy atom. The van der Waals surface area contributed by atoms with Gasteiger partial charge in [-0.2, -0.15) is 0 Å². The Bertz CT molecular complexity index is 630. The third kappa shape index (κ3) is 2.96. The van der Waals surface area contributed by atoms with E-state index < -0.39 is 0 Å². The number of rotatable bonds is 4. The van der Waals surface area contributed by atoms with E-state index in [9.17, 15) is 9.59 Å². The predicted octanol–water partition coefficient (Wildman–Crippen LogP) is 2.46. The average Bonchev–Trinajstić information content (AvgIpc) is 2.39. The minimum Gasteiger partial charge on any atom is -0.292 e. The smallest absolute Gasteiger partial charge is 0.284 e. The first-order valence-corrected chi connectivity index (χ1v) is 6.26. The average molecular weight is 256 g/mol. The van der Waals surface area contributed by atoms with E-state index >= 15 is 0 Å². The zero-order valence-corrected chi connectivity index (χ0v) is 11.0. The number of Topliss-reactive ketones (excluding diaryl/α,β-unsaturated/α-hetero) is 1. The number of carbonyl (C=O) groups is 1. The van der Waals surface area contributed by atoms with E-state index in [1.165, 1.54) is 10.8 Å². The van der Waals surface area contributed by atoms with Gasteiger partial charge in [0.2, 0.25) is 0 Å². The summed E-state index contributed by atoms with van der Waals surface area (Å²) in [6.07, 6.45) is 3.40. The van der Waals surface area contributed by atoms with Crippen LogP contribution in [0.25, 0.3) is 5.69 Å². The van der Waals surface area contributed by atoms with Gasteiger partial charge in [0.25, 0.3) is 5.56 Å². The molecule has 0 atom stereocenters. The fraction of sp³-hybridized carbons (Fsp3) is 0.267. The molecule has 19 heavy (non-hydrogen) atoms. The Morgan fingerprint density at radius 3 is 2.58 bits per heavy atom. The van der Waals surface area contributed by atoms with Gasteiger partial charge in [0.15, 0.2) is 11.5 Å². The van der Waals surface area contributed by atoms with E-state index in [2.05, 4.69) is 4.98 Å². The summed E-state index contributed by atoms with van der Waals surface area (Å²) < 4.78 is 1.44. The van der Waals surface area contributed by atoms with Gasteiger partial charge in [-0.05, 0) is 18.1 Å². The lowest BCUT2D eigenvalue weighted by molar-refractivity contribution is 0.0961. The first-order chi connectivity index (χ1) is 9.09. The van der Waals surface area contributed by atoms with Crippen LogP contribution in [0.1, 0.15) is 30.8 Å². The number of aromatic nitrogens is 2. The number of ketones is 1. The van der Waals surface area contributed by atoms with E-state index in [4.69, 9.17) is 0 Å². The molecule has 2 rings (SSSR count). The van der Waals surface area contributed by atoms with Gasteiger partial charge in [-0.1, -0.05) is 32.0 Å². The molecule has 4 heteroatoms. The number of hydrogen-bond acceptors (Lipinski definition) is 3. The van der Waals surface area contributed by atoms with Crippen LogP contribution in [0.4, 0.5) is 0 Å². The first-order valence-electron chi connectivity index (χ1n) is 6.26. The molecule has 2 aromatic rings. The van der Waals surface area contributed by atoms with Crippen molar-refractivity contribution in [1.29, 1.82) is 0 Å². The molecule has 0 fully saturated rings. The van der Waals surface area contributed by atoms with Crippen molar-refractivity contribution < 1.29 is 4.79 Å². The highest BCUT2D eigenvalue weighted by Gasteiger charge is 2.15. The molecule has 0 bridgehead atoms. The zero-order valence-electron chi connectivity index (χ0n) is 11.0. The lowest BCUT2D eigenvalue weighted by Gasteiger charge is -2.07. The maximum Gasteiger partial charge on any atom is 0.284 e. The molecule has 0 aliphatic rings. The molecule has 1 aromatic heterocycles. The number of hydrogen-bond donors (Lipinski definition) is 0. The van der Waals surface area contributed by atoms with Crippen LogP contribution in [0.5, 0.6) is 0 Å². The highest BCUT2D eigenvalue weighted by Crippen LogP contribution is 2.06. The van der Waals surface area contributed by atoms with Crippen molar-refractivity contribution in [2.75, 3.05) is 0 Å². The standard InChI is InChI=1S/C15H16N2O2/c1-11(2)10-13(18)14-15(19)17(9-8-16-14)12-6-4-3-5-7-12/h3-9,11H,10H2,1-2H3. The van der Waals surface area contributed by atoms with Crippen molar-refractivity contribution in [1.82, 2.24) is 9.55 Å². The molecular formula is C15H16N2O2. The Morgan fingerprint density at radius 1 is 1.26 bits per heavy atom. The van der Waals surface area contributed by atoms with Gasteiger partial charge in [0, 0.05) is 24.5 Å². The van der Waals surface area contributed by atoms with Crippen LogP contribution >= 0.6 is 0 Å². The normalized spacial score (nSPS) is 10.7. The van der Waals surface area contributed by atoms with Gasteiger partial charge in [0.1, 0.15) is 0 Å². The Kier molecular flexibility index (Phi) is 3.90. The zero-order chi connectivity index (χ0) is 13.8. The largest absolute Gasteiger partial charge is 0.292 e. The van der Waals surface area contributed by atoms with Crippen LogP contribution in [0.3, 0.4) is 0 Å². The predicted molar refractivity (Wildman–Crippen MR) is 73.6 cm³/mol. The molecule has 0 aliphatic carbocycles. The maximum atomic E-state index is 12.3. The molecule has 0 saturated carbocycles. The van der Waals surface area contributed by atoms with Gasteiger partial charge in [-0.25, -0.2) is 4.98 Å². The molecule has 1 aromatic carbocycles. The van der Waals surface area contributed by atoms with Gasteiger partial charge in [-0.3, -0.25) is 14.2 Å². The highest BCUT2D eigenvalue weighted by atomic mass is 16.1. The van der Waals surface area contributed by atoms with Crippen molar-refractivity contribution in [2.45, 2.75) is 20.3 Å². The van der Waals surface area contributed by atoms with E-state index in [-0.39, 0.29) is 23.0 Å². The number of nitrogens with zero attached hydrogens (tertiary/aromatic N) is 2. The minimum absolute atomic E-state index is 0.0139. The second-order valence-electron chi connectivity index (χ2n) is 4.81. The molecule has 0 amide bonds. The van der Waals surface area contributed by atoms with Crippen LogP contribution in [0.2, 0.25) is 0 Å². The molecule has 0 radical (unpaired) electrons. The summed E-state index contributed by atoms with van der Waals surface area (Å²) in [7, 11) is 0. The fourth-order valence-electron chi connectivity index (χ4n) is 1.86. The van der Waals surface area contributed by atoms with Crippen LogP contribution in [0, 0.1) is 5.92 Å². The summed E-state index contributed by atoms with van der Waals surface area (Å²) in [5.74, 6) is 0.00404. The molecule has 1 heterocycles. The topological polar surface area (TPSA) is 52.0 Å². The van der Waals surface area contributed by atoms with Crippen molar-refractivity contribution in [3.63, 3.8) is 0 Å². The van der Waals surface area contributed by atoms with Crippen molar-refractivity contribution in [3.05, 3.63) is 58.8 Å². The molecule has 4 nitrogen and oxygen atoms in total. The fourth-order valence-corrected chi connectivity index (χ4v) is 1.86. The summed E-state index contributed by atoms with van der Waals surface area (Å²) in [4.78, 5) is 28.2. The Balaban J connectivity index is 2.45. The summed E-state index contributed by atoms with van der Waals surface area (Å²) in [5, 5.41) is 0. The Hall–Kier alpha value is -2.23. The van der Waals surface area contributed by atoms with Crippen molar-refractivity contribution in [2.24, 2.45) is 5.92 Å². The first kappa shape index (κ1) is 13.2. The van der Waals surface area contributed by atoms with E-state index in [0.717, 1.165) is 5.69 Å². The Labute approximate surface area is 111 Å². The van der Waals surface area contributed by atoms with Gasteiger partial charge >= 0.3 is 0 Å². The van der Waals surface area contributed by atoms with Crippen LogP contribution in [-0.4, -0.2) is 15.3 Å². The summed E-state index contributed by atoms with van der Waals surface area (Å²) >= 11 is 0. The van der Waals surface area contributed by atoms with Crippen LogP contribution in [0.15, 0.2) is 47.5 Å². The van der Waals surface area contributed by atoms with E-state index in [0.29, 0.717) is 6.42 Å². The third-order valence-corrected chi connectivity index (χ3v) is 2.73. The van der Waals surface area contributed by atoms with E-state index in [1.807, 2.05) is 44.2 Å². The van der Waals surface area contributed by atoms with Crippen molar-refractivity contribution in [3.8, 4) is 5.69 Å². The molecule has 0 unspecified atom stereocenters. The van der Waals surface area contributed by atoms with Gasteiger partial charge < -0.3 is 0 Å². The summed E-state index contributed by atoms with van der Waals surface area (Å²) in [6, 6.07) is 9.20. The van der Waals surface area contributed by atoms with Crippen LogP contribution in [-0.2, 0) is 0 Å². The van der Waals surface area contributed by atoms with Gasteiger partial charge in [-0.15, -0.1) is 0 Å². The molecule has 0 N–H and O–H groups in total. The second kappa shape index (κ2) is 5.61. The third-order valence-electron chi connectivity index (χ3n) is 2.73. The monoisotopic (exact) mass is 256 g/mol. The second-order valence-corrected chi connectivity index (χ2v) is 4.81. The number of benzene rings is 1. The van der Waals surface area contributed by atoms with Crippen molar-refractivity contribution >= 4 is 5.78 Å². The number of carbonyl (C=O) groups excluding carboxylic acids is 1. The maximum absolute atomic E-state index is 12.3. The molecular weight excluding hydrogens is 240 g/mol. The molecule has 98 valence electrons. The molecule has 0 saturated heterocycles. The minimum atomic E-state index is -0.362. The van der Waals surface area contributed by atoms with Crippen LogP contribution < -0.4 is 5.56 Å².